The van der Waals surface area contributed by atoms with Gasteiger partial charge in [-0.1, -0.05) is 36.4 Å². The lowest BCUT2D eigenvalue weighted by atomic mass is 10.0. The highest BCUT2D eigenvalue weighted by Gasteiger charge is 2.19. The van der Waals surface area contributed by atoms with Crippen LogP contribution >= 0.6 is 11.5 Å². The van der Waals surface area contributed by atoms with Gasteiger partial charge in [0.05, 0.1) is 11.1 Å². The van der Waals surface area contributed by atoms with Crippen LogP contribution in [0, 0.1) is 12.7 Å². The van der Waals surface area contributed by atoms with Gasteiger partial charge in [-0.15, -0.1) is 0 Å². The third-order valence-electron chi connectivity index (χ3n) is 4.75. The monoisotopic (exact) mass is 387 g/mol. The van der Waals surface area contributed by atoms with Crippen molar-refractivity contribution in [2.45, 2.75) is 6.92 Å². The molecule has 7 heteroatoms. The van der Waals surface area contributed by atoms with E-state index in [1.165, 1.54) is 17.9 Å². The smallest absolute Gasteiger partial charge is 0.158 e. The standard InChI is InChI=1S/C21H14FN5S/c1-11-9-15(12-5-3-2-4-6-12)26-19-13(11)7-8-14(17(19)22)18-16-20(23)24-10-25-21(16)28-27-18/h2-10H,1H3,(H2,23,24,25). The van der Waals surface area contributed by atoms with Crippen molar-refractivity contribution in [2.75, 3.05) is 5.73 Å². The lowest BCUT2D eigenvalue weighted by Crippen LogP contribution is -1.96. The molecule has 136 valence electrons. The summed E-state index contributed by atoms with van der Waals surface area (Å²) in [6, 6.07) is 15.3. The molecule has 0 saturated heterocycles. The van der Waals surface area contributed by atoms with Gasteiger partial charge in [-0.05, 0) is 36.2 Å². The molecule has 0 aliphatic rings. The van der Waals surface area contributed by atoms with Crippen molar-refractivity contribution >= 4 is 38.5 Å². The maximum atomic E-state index is 15.6. The molecule has 0 saturated carbocycles. The fourth-order valence-electron chi connectivity index (χ4n) is 3.36. The van der Waals surface area contributed by atoms with Gasteiger partial charge < -0.3 is 5.73 Å². The number of fused-ring (bicyclic) bond motifs is 2. The van der Waals surface area contributed by atoms with Crippen LogP contribution in [-0.4, -0.2) is 19.3 Å². The summed E-state index contributed by atoms with van der Waals surface area (Å²) in [7, 11) is 0. The SMILES string of the molecule is Cc1cc(-c2ccccc2)nc2c(F)c(-c3nsc4ncnc(N)c34)ccc12. The molecule has 28 heavy (non-hydrogen) atoms. The lowest BCUT2D eigenvalue weighted by Gasteiger charge is -2.10. The number of halogens is 1. The van der Waals surface area contributed by atoms with Gasteiger partial charge in [0, 0.05) is 16.5 Å². The molecular weight excluding hydrogens is 373 g/mol. The van der Waals surface area contributed by atoms with Crippen molar-refractivity contribution in [1.29, 1.82) is 0 Å². The van der Waals surface area contributed by atoms with Gasteiger partial charge in [0.25, 0.3) is 0 Å². The molecule has 0 spiro atoms. The second kappa shape index (κ2) is 6.31. The molecular formula is C21H14FN5S. The minimum Gasteiger partial charge on any atom is -0.383 e. The summed E-state index contributed by atoms with van der Waals surface area (Å²) in [5.41, 5.74) is 9.73. The lowest BCUT2D eigenvalue weighted by molar-refractivity contribution is 0.640. The number of aromatic nitrogens is 4. The predicted molar refractivity (Wildman–Crippen MR) is 110 cm³/mol. The van der Waals surface area contributed by atoms with E-state index in [0.717, 1.165) is 22.2 Å². The quantitative estimate of drug-likeness (QED) is 0.461. The van der Waals surface area contributed by atoms with Gasteiger partial charge in [-0.3, -0.25) is 0 Å². The third kappa shape index (κ3) is 2.51. The number of nitrogens with zero attached hydrogens (tertiary/aromatic N) is 4. The Bertz CT molecular complexity index is 1350. The number of nitrogens with two attached hydrogens (primary N) is 1. The number of anilines is 1. The van der Waals surface area contributed by atoms with Crippen molar-refractivity contribution in [2.24, 2.45) is 0 Å². The van der Waals surface area contributed by atoms with Gasteiger partial charge in [0.2, 0.25) is 0 Å². The third-order valence-corrected chi connectivity index (χ3v) is 5.51. The second-order valence-electron chi connectivity index (χ2n) is 6.48. The van der Waals surface area contributed by atoms with E-state index in [1.54, 1.807) is 6.07 Å². The minimum atomic E-state index is -0.422. The number of hydrogen-bond acceptors (Lipinski definition) is 6. The number of nitrogen functional groups attached to an aromatic ring is 1. The number of benzene rings is 2. The normalized spacial score (nSPS) is 11.4. The number of aryl methyl sites for hydroxylation is 1. The van der Waals surface area contributed by atoms with E-state index in [4.69, 9.17) is 5.73 Å². The molecule has 0 aliphatic carbocycles. The van der Waals surface area contributed by atoms with Crippen LogP contribution in [0.25, 0.3) is 43.6 Å². The molecule has 0 radical (unpaired) electrons. The van der Waals surface area contributed by atoms with Crippen LogP contribution in [0.5, 0.6) is 0 Å². The summed E-state index contributed by atoms with van der Waals surface area (Å²) in [6.07, 6.45) is 1.38. The fourth-order valence-corrected chi connectivity index (χ4v) is 4.11. The number of pyridine rings is 1. The van der Waals surface area contributed by atoms with Gasteiger partial charge in [0.15, 0.2) is 5.82 Å². The van der Waals surface area contributed by atoms with E-state index in [1.807, 2.05) is 49.4 Å². The molecule has 0 aliphatic heterocycles. The summed E-state index contributed by atoms with van der Waals surface area (Å²) in [6.45, 7) is 1.96. The number of rotatable bonds is 2. The Morgan fingerprint density at radius 3 is 2.68 bits per heavy atom. The van der Waals surface area contributed by atoms with Gasteiger partial charge >= 0.3 is 0 Å². The van der Waals surface area contributed by atoms with Crippen molar-refractivity contribution in [3.8, 4) is 22.5 Å². The first kappa shape index (κ1) is 16.7. The maximum absolute atomic E-state index is 15.6. The zero-order valence-electron chi connectivity index (χ0n) is 14.8. The average Bonchev–Trinajstić information content (AvgIpc) is 3.15. The molecule has 0 bridgehead atoms. The largest absolute Gasteiger partial charge is 0.383 e. The molecule has 3 heterocycles. The number of hydrogen-bond donors (Lipinski definition) is 1. The summed E-state index contributed by atoms with van der Waals surface area (Å²) in [5, 5.41) is 1.34. The van der Waals surface area contributed by atoms with E-state index in [2.05, 4.69) is 19.3 Å². The average molecular weight is 387 g/mol. The van der Waals surface area contributed by atoms with E-state index in [-0.39, 0.29) is 5.82 Å². The Balaban J connectivity index is 1.79. The molecule has 3 aromatic heterocycles. The van der Waals surface area contributed by atoms with Crippen molar-refractivity contribution in [1.82, 2.24) is 19.3 Å². The highest BCUT2D eigenvalue weighted by Crippen LogP contribution is 2.36. The summed E-state index contributed by atoms with van der Waals surface area (Å²) in [4.78, 5) is 13.4. The molecule has 0 atom stereocenters. The first-order valence-electron chi connectivity index (χ1n) is 8.65. The Hall–Kier alpha value is -3.45. The second-order valence-corrected chi connectivity index (χ2v) is 7.24. The van der Waals surface area contributed by atoms with Crippen molar-refractivity contribution in [3.05, 3.63) is 66.2 Å². The molecule has 0 unspecified atom stereocenters. The van der Waals surface area contributed by atoms with E-state index in [9.17, 15) is 0 Å². The zero-order valence-corrected chi connectivity index (χ0v) is 15.7. The Morgan fingerprint density at radius 1 is 1.04 bits per heavy atom. The van der Waals surface area contributed by atoms with Gasteiger partial charge in [0.1, 0.15) is 28.2 Å². The molecule has 2 aromatic carbocycles. The zero-order chi connectivity index (χ0) is 19.3. The maximum Gasteiger partial charge on any atom is 0.158 e. The first-order valence-corrected chi connectivity index (χ1v) is 9.42. The van der Waals surface area contributed by atoms with Gasteiger partial charge in [-0.2, -0.15) is 4.37 Å². The van der Waals surface area contributed by atoms with Crippen LogP contribution in [0.1, 0.15) is 5.56 Å². The van der Waals surface area contributed by atoms with Crippen molar-refractivity contribution < 1.29 is 4.39 Å². The van der Waals surface area contributed by atoms with Crippen LogP contribution in [0.3, 0.4) is 0 Å². The van der Waals surface area contributed by atoms with Gasteiger partial charge in [-0.25, -0.2) is 19.3 Å². The topological polar surface area (TPSA) is 77.6 Å². The summed E-state index contributed by atoms with van der Waals surface area (Å²) < 4.78 is 20.0. The van der Waals surface area contributed by atoms with E-state index >= 15 is 4.39 Å². The Morgan fingerprint density at radius 2 is 1.86 bits per heavy atom. The summed E-state index contributed by atoms with van der Waals surface area (Å²) >= 11 is 1.17. The van der Waals surface area contributed by atoms with E-state index in [0.29, 0.717) is 27.0 Å². The molecule has 5 rings (SSSR count). The fraction of sp³-hybridized carbons (Fsp3) is 0.0476. The molecule has 2 N–H and O–H groups in total. The van der Waals surface area contributed by atoms with Crippen LogP contribution in [0.2, 0.25) is 0 Å². The van der Waals surface area contributed by atoms with Crippen LogP contribution in [0.15, 0.2) is 54.9 Å². The minimum absolute atomic E-state index is 0.287. The molecule has 5 nitrogen and oxygen atoms in total. The predicted octanol–water partition coefficient (Wildman–Crippen LogP) is 5.00. The highest BCUT2D eigenvalue weighted by molar-refractivity contribution is 7.13. The molecule has 0 fully saturated rings. The van der Waals surface area contributed by atoms with E-state index < -0.39 is 5.82 Å². The Labute approximate surface area is 163 Å². The molecule has 5 aromatic rings. The van der Waals surface area contributed by atoms with Crippen LogP contribution in [0.4, 0.5) is 10.2 Å². The van der Waals surface area contributed by atoms with Crippen molar-refractivity contribution in [3.63, 3.8) is 0 Å². The van der Waals surface area contributed by atoms with Crippen LogP contribution in [-0.2, 0) is 0 Å². The summed E-state index contributed by atoms with van der Waals surface area (Å²) in [5.74, 6) is -0.135. The first-order chi connectivity index (χ1) is 13.6. The van der Waals surface area contributed by atoms with Crippen LogP contribution < -0.4 is 5.73 Å². The highest BCUT2D eigenvalue weighted by atomic mass is 32.1. The Kier molecular flexibility index (Phi) is 3.77. The molecule has 0 amide bonds.